The van der Waals surface area contributed by atoms with Gasteiger partial charge in [-0.1, -0.05) is 12.1 Å². The second kappa shape index (κ2) is 9.75. The Morgan fingerprint density at radius 1 is 1.12 bits per heavy atom. The van der Waals surface area contributed by atoms with Gasteiger partial charge in [-0.2, -0.15) is 13.2 Å². The summed E-state index contributed by atoms with van der Waals surface area (Å²) in [5, 5.41) is 7.12. The number of piperazine rings is 1. The van der Waals surface area contributed by atoms with Crippen LogP contribution in [0.4, 0.5) is 23.2 Å². The lowest BCUT2D eigenvalue weighted by Crippen LogP contribution is -2.64. The number of carbonyl (C=O) groups is 3. The minimum absolute atomic E-state index is 0.0665. The summed E-state index contributed by atoms with van der Waals surface area (Å²) < 4.78 is 45.4. The van der Waals surface area contributed by atoms with Crippen LogP contribution in [0.15, 0.2) is 48.7 Å². The third-order valence-corrected chi connectivity index (χ3v) is 5.80. The number of amides is 2. The van der Waals surface area contributed by atoms with E-state index >= 15 is 0 Å². The highest BCUT2D eigenvalue weighted by atomic mass is 19.4. The zero-order valence-corrected chi connectivity index (χ0v) is 18.1. The van der Waals surface area contributed by atoms with E-state index in [9.17, 15) is 27.2 Å². The lowest BCUT2D eigenvalue weighted by Gasteiger charge is -2.46. The number of alkyl halides is 3. The second-order valence-electron chi connectivity index (χ2n) is 8.03. The van der Waals surface area contributed by atoms with Crippen LogP contribution in [0.5, 0.6) is 0 Å². The van der Waals surface area contributed by atoms with Gasteiger partial charge in [0.15, 0.2) is 0 Å². The van der Waals surface area contributed by atoms with E-state index in [1.54, 1.807) is 46.3 Å². The van der Waals surface area contributed by atoms with E-state index in [0.717, 1.165) is 6.42 Å². The van der Waals surface area contributed by atoms with E-state index in [0.29, 0.717) is 31.0 Å². The Morgan fingerprint density at radius 3 is 2.41 bits per heavy atom. The average molecular weight is 482 g/mol. The molecule has 0 aliphatic carbocycles. The summed E-state index contributed by atoms with van der Waals surface area (Å²) in [5.41, 5.74) is 0.637. The minimum Gasteiger partial charge on any atom is -0.475 e. The van der Waals surface area contributed by atoms with Crippen molar-refractivity contribution in [3.63, 3.8) is 0 Å². The topological polar surface area (TPSA) is 94.1 Å². The van der Waals surface area contributed by atoms with Gasteiger partial charge in [0.2, 0.25) is 5.91 Å². The average Bonchev–Trinajstić information content (AvgIpc) is 3.21. The maximum Gasteiger partial charge on any atom is 0.490 e. The molecule has 4 rings (SSSR count). The number of aliphatic carboxylic acids is 1. The van der Waals surface area contributed by atoms with Gasteiger partial charge in [-0.15, -0.1) is 0 Å². The van der Waals surface area contributed by atoms with Crippen molar-refractivity contribution < 1.29 is 37.1 Å². The van der Waals surface area contributed by atoms with Gasteiger partial charge in [0.25, 0.3) is 5.91 Å². The highest BCUT2D eigenvalue weighted by Gasteiger charge is 2.49. The summed E-state index contributed by atoms with van der Waals surface area (Å²) in [6.45, 7) is 1.78. The highest BCUT2D eigenvalue weighted by molar-refractivity contribution is 5.96. The largest absolute Gasteiger partial charge is 0.490 e. The number of halogens is 4. The SMILES string of the molecule is CN1CC(=O)N(c2cccc(F)c2)CC12CCN(C(=O)c1ccccn1)C2.O=C(O)C(F)(F)F. The van der Waals surface area contributed by atoms with E-state index in [1.165, 1.54) is 12.1 Å². The Bertz CT molecular complexity index is 1070. The molecule has 182 valence electrons. The van der Waals surface area contributed by atoms with Crippen LogP contribution in [0.3, 0.4) is 0 Å². The van der Waals surface area contributed by atoms with E-state index in [2.05, 4.69) is 4.98 Å². The smallest absolute Gasteiger partial charge is 0.475 e. The van der Waals surface area contributed by atoms with Gasteiger partial charge >= 0.3 is 12.1 Å². The molecule has 12 heteroatoms. The number of pyridine rings is 1. The van der Waals surface area contributed by atoms with E-state index in [4.69, 9.17) is 9.90 Å². The molecular formula is C22H22F4N4O4. The standard InChI is InChI=1S/C20H21FN4O2.C2HF3O2/c1-23-12-18(26)25(16-6-4-5-15(21)11-16)14-20(23)8-10-24(13-20)19(27)17-7-2-3-9-22-17;3-2(4,5)1(6)7/h2-7,9,11H,8,10,12-14H2,1H3;(H,6,7). The number of likely N-dealkylation sites (tertiary alicyclic amines) is 1. The Hall–Kier alpha value is -3.54. The summed E-state index contributed by atoms with van der Waals surface area (Å²) in [5.74, 6) is -3.29. The maximum absolute atomic E-state index is 13.6. The number of carboxylic acids is 1. The fraction of sp³-hybridized carbons (Fsp3) is 0.364. The predicted octanol–water partition coefficient (Wildman–Crippen LogP) is 2.42. The monoisotopic (exact) mass is 482 g/mol. The van der Waals surface area contributed by atoms with Crippen LogP contribution in [-0.4, -0.2) is 82.6 Å². The van der Waals surface area contributed by atoms with Gasteiger partial charge in [0, 0.05) is 31.5 Å². The van der Waals surface area contributed by atoms with E-state index < -0.39 is 12.1 Å². The fourth-order valence-corrected chi connectivity index (χ4v) is 3.96. The number of hydrogen-bond donors (Lipinski definition) is 1. The first-order chi connectivity index (χ1) is 15.9. The van der Waals surface area contributed by atoms with Crippen molar-refractivity contribution >= 4 is 23.5 Å². The molecule has 8 nitrogen and oxygen atoms in total. The summed E-state index contributed by atoms with van der Waals surface area (Å²) in [6.07, 6.45) is -2.72. The normalized spacial score (nSPS) is 20.8. The molecule has 3 heterocycles. The van der Waals surface area contributed by atoms with Crippen LogP contribution in [0.1, 0.15) is 16.9 Å². The van der Waals surface area contributed by atoms with Crippen molar-refractivity contribution in [2.24, 2.45) is 0 Å². The van der Waals surface area contributed by atoms with Crippen LogP contribution < -0.4 is 4.90 Å². The van der Waals surface area contributed by atoms with E-state index in [1.807, 2.05) is 11.9 Å². The number of aromatic nitrogens is 1. The number of benzene rings is 1. The maximum atomic E-state index is 13.6. The molecule has 2 saturated heterocycles. The molecule has 2 aromatic rings. The molecule has 1 N–H and O–H groups in total. The lowest BCUT2D eigenvalue weighted by atomic mass is 9.92. The zero-order valence-electron chi connectivity index (χ0n) is 18.1. The molecule has 2 fully saturated rings. The van der Waals surface area contributed by atoms with Gasteiger partial charge in [0.1, 0.15) is 11.5 Å². The number of carbonyl (C=O) groups excluding carboxylic acids is 2. The first-order valence-corrected chi connectivity index (χ1v) is 10.2. The number of carboxylic acid groups (broad SMARTS) is 1. The van der Waals surface area contributed by atoms with Crippen molar-refractivity contribution in [3.05, 3.63) is 60.2 Å². The van der Waals surface area contributed by atoms with Crippen LogP contribution >= 0.6 is 0 Å². The molecule has 0 radical (unpaired) electrons. The molecule has 2 amide bonds. The van der Waals surface area contributed by atoms with Crippen LogP contribution in [0, 0.1) is 5.82 Å². The third kappa shape index (κ3) is 5.50. The van der Waals surface area contributed by atoms with Crippen molar-refractivity contribution in [1.82, 2.24) is 14.8 Å². The van der Waals surface area contributed by atoms with E-state index in [-0.39, 0.29) is 29.7 Å². The number of likely N-dealkylation sites (N-methyl/N-ethyl adjacent to an activating group) is 1. The van der Waals surface area contributed by atoms with Gasteiger partial charge < -0.3 is 14.9 Å². The summed E-state index contributed by atoms with van der Waals surface area (Å²) >= 11 is 0. The molecule has 0 saturated carbocycles. The highest BCUT2D eigenvalue weighted by Crippen LogP contribution is 2.34. The molecule has 1 unspecified atom stereocenters. The predicted molar refractivity (Wildman–Crippen MR) is 113 cm³/mol. The van der Waals surface area contributed by atoms with Gasteiger partial charge in [-0.3, -0.25) is 19.5 Å². The van der Waals surface area contributed by atoms with Crippen molar-refractivity contribution in [3.8, 4) is 0 Å². The summed E-state index contributed by atoms with van der Waals surface area (Å²) in [6, 6.07) is 11.4. The molecule has 0 bridgehead atoms. The molecule has 2 aliphatic rings. The van der Waals surface area contributed by atoms with Crippen molar-refractivity contribution in [1.29, 1.82) is 0 Å². The second-order valence-corrected chi connectivity index (χ2v) is 8.03. The summed E-state index contributed by atoms with van der Waals surface area (Å²) in [4.78, 5) is 43.8. The Morgan fingerprint density at radius 2 is 1.82 bits per heavy atom. The number of nitrogens with zero attached hydrogens (tertiary/aromatic N) is 4. The lowest BCUT2D eigenvalue weighted by molar-refractivity contribution is -0.192. The fourth-order valence-electron chi connectivity index (χ4n) is 3.96. The number of hydrogen-bond acceptors (Lipinski definition) is 5. The molecule has 1 aromatic heterocycles. The van der Waals surface area contributed by atoms with Crippen LogP contribution in [-0.2, 0) is 9.59 Å². The van der Waals surface area contributed by atoms with Crippen molar-refractivity contribution in [2.45, 2.75) is 18.1 Å². The van der Waals surface area contributed by atoms with Gasteiger partial charge in [-0.05, 0) is 43.8 Å². The number of rotatable bonds is 2. The van der Waals surface area contributed by atoms with Gasteiger partial charge in [-0.25, -0.2) is 9.18 Å². The third-order valence-electron chi connectivity index (χ3n) is 5.80. The minimum atomic E-state index is -5.08. The van der Waals surface area contributed by atoms with Crippen LogP contribution in [0.2, 0.25) is 0 Å². The molecule has 1 spiro atoms. The first kappa shape index (κ1) is 25.1. The molecule has 1 atom stereocenters. The van der Waals surface area contributed by atoms with Gasteiger partial charge in [0.05, 0.1) is 12.1 Å². The first-order valence-electron chi connectivity index (χ1n) is 10.2. The molecule has 34 heavy (non-hydrogen) atoms. The Balaban J connectivity index is 0.000000406. The van der Waals surface area contributed by atoms with Crippen LogP contribution in [0.25, 0.3) is 0 Å². The summed E-state index contributed by atoms with van der Waals surface area (Å²) in [7, 11) is 1.91. The molecule has 1 aromatic carbocycles. The molecule has 2 aliphatic heterocycles. The number of anilines is 1. The molecular weight excluding hydrogens is 460 g/mol. The Labute approximate surface area is 192 Å². The Kier molecular flexibility index (Phi) is 7.20. The zero-order chi connectivity index (χ0) is 25.1. The van der Waals surface area contributed by atoms with Crippen molar-refractivity contribution in [2.75, 3.05) is 38.1 Å². The quantitative estimate of drug-likeness (QED) is 0.661.